The van der Waals surface area contributed by atoms with Gasteiger partial charge in [-0.05, 0) is 32.8 Å². The Morgan fingerprint density at radius 2 is 2.32 bits per heavy atom. The van der Waals surface area contributed by atoms with Crippen LogP contribution in [0.4, 0.5) is 11.4 Å². The van der Waals surface area contributed by atoms with Crippen molar-refractivity contribution in [3.05, 3.63) is 40.1 Å². The number of aromatic nitrogens is 1. The molecule has 1 saturated heterocycles. The lowest BCUT2D eigenvalue weighted by Gasteiger charge is -2.22. The summed E-state index contributed by atoms with van der Waals surface area (Å²) in [7, 11) is 0. The molecule has 0 spiro atoms. The zero-order valence-corrected chi connectivity index (χ0v) is 12.7. The maximum Gasteiger partial charge on any atom is 0.295 e. The molecule has 2 heterocycles. The molecule has 22 heavy (non-hydrogen) atoms. The van der Waals surface area contributed by atoms with Gasteiger partial charge in [-0.1, -0.05) is 12.1 Å². The number of hydrogen-bond donors (Lipinski definition) is 1. The lowest BCUT2D eigenvalue weighted by Crippen LogP contribution is -2.30. The SMILES string of the molecule is Cc1cc(NC(C)C2CCCO2)c2cccc([N+](=O)[O-])c2n1. The van der Waals surface area contributed by atoms with Crippen molar-refractivity contribution in [1.29, 1.82) is 0 Å². The van der Waals surface area contributed by atoms with Crippen molar-refractivity contribution in [3.63, 3.8) is 0 Å². The van der Waals surface area contributed by atoms with E-state index in [1.807, 2.05) is 19.1 Å². The normalized spacial score (nSPS) is 19.3. The summed E-state index contributed by atoms with van der Waals surface area (Å²) in [6.07, 6.45) is 2.30. The number of benzene rings is 1. The molecule has 0 amide bonds. The number of anilines is 1. The molecule has 1 aliphatic heterocycles. The second kappa shape index (κ2) is 5.88. The van der Waals surface area contributed by atoms with E-state index in [-0.39, 0.29) is 22.8 Å². The lowest BCUT2D eigenvalue weighted by molar-refractivity contribution is -0.383. The molecule has 2 unspecified atom stereocenters. The van der Waals surface area contributed by atoms with Gasteiger partial charge in [0, 0.05) is 35.5 Å². The highest BCUT2D eigenvalue weighted by molar-refractivity contribution is 5.96. The van der Waals surface area contributed by atoms with Crippen molar-refractivity contribution in [2.75, 3.05) is 11.9 Å². The van der Waals surface area contributed by atoms with Gasteiger partial charge in [-0.15, -0.1) is 0 Å². The third-order valence-corrected chi connectivity index (χ3v) is 4.05. The van der Waals surface area contributed by atoms with E-state index in [4.69, 9.17) is 4.74 Å². The minimum atomic E-state index is -0.387. The van der Waals surface area contributed by atoms with Crippen LogP contribution in [0.1, 0.15) is 25.5 Å². The molecule has 116 valence electrons. The summed E-state index contributed by atoms with van der Waals surface area (Å²) in [4.78, 5) is 15.2. The molecule has 1 aliphatic rings. The molecule has 0 bridgehead atoms. The van der Waals surface area contributed by atoms with Gasteiger partial charge < -0.3 is 10.1 Å². The highest BCUT2D eigenvalue weighted by Gasteiger charge is 2.23. The number of para-hydroxylation sites is 1. The first-order chi connectivity index (χ1) is 10.6. The molecule has 1 aromatic carbocycles. The number of pyridine rings is 1. The van der Waals surface area contributed by atoms with Crippen LogP contribution in [-0.2, 0) is 4.74 Å². The minimum absolute atomic E-state index is 0.0361. The van der Waals surface area contributed by atoms with Gasteiger partial charge in [0.25, 0.3) is 5.69 Å². The largest absolute Gasteiger partial charge is 0.379 e. The van der Waals surface area contributed by atoms with E-state index in [1.54, 1.807) is 6.07 Å². The smallest absolute Gasteiger partial charge is 0.295 e. The Kier molecular flexibility index (Phi) is 3.94. The predicted molar refractivity (Wildman–Crippen MR) is 85.2 cm³/mol. The van der Waals surface area contributed by atoms with Crippen LogP contribution in [-0.4, -0.2) is 28.7 Å². The molecule has 0 aliphatic carbocycles. The van der Waals surface area contributed by atoms with Crippen LogP contribution in [0.3, 0.4) is 0 Å². The van der Waals surface area contributed by atoms with E-state index in [0.29, 0.717) is 5.52 Å². The first-order valence-electron chi connectivity index (χ1n) is 7.49. The van der Waals surface area contributed by atoms with Gasteiger partial charge in [-0.3, -0.25) is 10.1 Å². The fraction of sp³-hybridized carbons (Fsp3) is 0.438. The van der Waals surface area contributed by atoms with Crippen molar-refractivity contribution in [2.24, 2.45) is 0 Å². The van der Waals surface area contributed by atoms with Crippen molar-refractivity contribution in [1.82, 2.24) is 4.98 Å². The molecule has 1 aromatic heterocycles. The first-order valence-corrected chi connectivity index (χ1v) is 7.49. The highest BCUT2D eigenvalue weighted by Crippen LogP contribution is 2.31. The van der Waals surface area contributed by atoms with Crippen LogP contribution in [0.25, 0.3) is 10.9 Å². The molecular formula is C16H19N3O3. The Hall–Kier alpha value is -2.21. The molecular weight excluding hydrogens is 282 g/mol. The summed E-state index contributed by atoms with van der Waals surface area (Å²) in [5.41, 5.74) is 2.08. The van der Waals surface area contributed by atoms with E-state index in [0.717, 1.165) is 36.2 Å². The first kappa shape index (κ1) is 14.7. The number of nitrogens with one attached hydrogen (secondary N) is 1. The maximum absolute atomic E-state index is 11.2. The fourth-order valence-corrected chi connectivity index (χ4v) is 2.96. The van der Waals surface area contributed by atoms with Crippen LogP contribution in [0.2, 0.25) is 0 Å². The zero-order chi connectivity index (χ0) is 15.7. The van der Waals surface area contributed by atoms with Crippen LogP contribution >= 0.6 is 0 Å². The van der Waals surface area contributed by atoms with Crippen LogP contribution in [0.5, 0.6) is 0 Å². The third-order valence-electron chi connectivity index (χ3n) is 4.05. The summed E-state index contributed by atoms with van der Waals surface area (Å²) in [6, 6.07) is 7.12. The fourth-order valence-electron chi connectivity index (χ4n) is 2.96. The Labute approximate surface area is 128 Å². The Morgan fingerprint density at radius 1 is 1.50 bits per heavy atom. The summed E-state index contributed by atoms with van der Waals surface area (Å²) >= 11 is 0. The molecule has 6 nitrogen and oxygen atoms in total. The zero-order valence-electron chi connectivity index (χ0n) is 12.7. The lowest BCUT2D eigenvalue weighted by atomic mass is 10.1. The molecule has 1 fully saturated rings. The van der Waals surface area contributed by atoms with E-state index < -0.39 is 0 Å². The second-order valence-corrected chi connectivity index (χ2v) is 5.73. The van der Waals surface area contributed by atoms with Crippen LogP contribution in [0.15, 0.2) is 24.3 Å². The van der Waals surface area contributed by atoms with Gasteiger partial charge in [0.1, 0.15) is 0 Å². The van der Waals surface area contributed by atoms with Crippen LogP contribution < -0.4 is 5.32 Å². The van der Waals surface area contributed by atoms with Gasteiger partial charge in [0.2, 0.25) is 0 Å². The number of aryl methyl sites for hydroxylation is 1. The van der Waals surface area contributed by atoms with Crippen molar-refractivity contribution in [2.45, 2.75) is 38.8 Å². The molecule has 0 saturated carbocycles. The summed E-state index contributed by atoms with van der Waals surface area (Å²) in [6.45, 7) is 4.73. The number of non-ortho nitro benzene ring substituents is 1. The second-order valence-electron chi connectivity index (χ2n) is 5.73. The monoisotopic (exact) mass is 301 g/mol. The number of fused-ring (bicyclic) bond motifs is 1. The number of nitrogens with zero attached hydrogens (tertiary/aromatic N) is 2. The van der Waals surface area contributed by atoms with Gasteiger partial charge >= 0.3 is 0 Å². The standard InChI is InChI=1S/C16H19N3O3/c1-10-9-13(18-11(2)15-7-4-8-22-15)12-5-3-6-14(19(20)21)16(12)17-10/h3,5-6,9,11,15H,4,7-8H2,1-2H3,(H,17,18). The molecule has 0 radical (unpaired) electrons. The number of nitro groups is 1. The van der Waals surface area contributed by atoms with E-state index in [9.17, 15) is 10.1 Å². The van der Waals surface area contributed by atoms with Gasteiger partial charge in [0.15, 0.2) is 5.52 Å². The molecule has 6 heteroatoms. The average molecular weight is 301 g/mol. The summed E-state index contributed by atoms with van der Waals surface area (Å²) in [5.74, 6) is 0. The highest BCUT2D eigenvalue weighted by atomic mass is 16.6. The molecule has 3 rings (SSSR count). The molecule has 2 atom stereocenters. The Bertz CT molecular complexity index is 711. The van der Waals surface area contributed by atoms with Gasteiger partial charge in [0.05, 0.1) is 11.0 Å². The van der Waals surface area contributed by atoms with Crippen molar-refractivity contribution >= 4 is 22.3 Å². The number of nitro benzene ring substituents is 1. The third kappa shape index (κ3) is 2.74. The number of ether oxygens (including phenoxy) is 1. The Morgan fingerprint density at radius 3 is 3.00 bits per heavy atom. The predicted octanol–water partition coefficient (Wildman–Crippen LogP) is 3.43. The van der Waals surface area contributed by atoms with E-state index in [1.165, 1.54) is 6.07 Å². The van der Waals surface area contributed by atoms with E-state index in [2.05, 4.69) is 17.2 Å². The topological polar surface area (TPSA) is 77.3 Å². The van der Waals surface area contributed by atoms with Crippen molar-refractivity contribution in [3.8, 4) is 0 Å². The van der Waals surface area contributed by atoms with Gasteiger partial charge in [-0.2, -0.15) is 0 Å². The van der Waals surface area contributed by atoms with Crippen molar-refractivity contribution < 1.29 is 9.66 Å². The van der Waals surface area contributed by atoms with E-state index >= 15 is 0 Å². The average Bonchev–Trinajstić information content (AvgIpc) is 3.00. The number of hydrogen-bond acceptors (Lipinski definition) is 5. The van der Waals surface area contributed by atoms with Gasteiger partial charge in [-0.25, -0.2) is 4.98 Å². The molecule has 2 aromatic rings. The maximum atomic E-state index is 11.2. The summed E-state index contributed by atoms with van der Waals surface area (Å²) < 4.78 is 5.70. The van der Waals surface area contributed by atoms with Crippen LogP contribution in [0, 0.1) is 17.0 Å². The molecule has 1 N–H and O–H groups in total. The minimum Gasteiger partial charge on any atom is -0.379 e. The number of rotatable bonds is 4. The quantitative estimate of drug-likeness (QED) is 0.691. The summed E-state index contributed by atoms with van der Waals surface area (Å²) in [5, 5.41) is 15.4. The Balaban J connectivity index is 2.01.